The molecule has 0 atom stereocenters. The first-order valence-electron chi connectivity index (χ1n) is 9.91. The third-order valence-corrected chi connectivity index (χ3v) is 5.66. The highest BCUT2D eigenvalue weighted by Crippen LogP contribution is 2.41. The number of ether oxygens (including phenoxy) is 3. The van der Waals surface area contributed by atoms with E-state index in [0.29, 0.717) is 39.5 Å². The molecule has 0 radical (unpaired) electrons. The van der Waals surface area contributed by atoms with E-state index >= 15 is 0 Å². The maximum Gasteiger partial charge on any atom is 0.344 e. The normalized spacial score (nSPS) is 11.8. The molecule has 0 saturated heterocycles. The van der Waals surface area contributed by atoms with Crippen LogP contribution >= 0.6 is 0 Å². The summed E-state index contributed by atoms with van der Waals surface area (Å²) in [5.41, 5.74) is 2.43. The zero-order valence-electron chi connectivity index (χ0n) is 17.6. The second-order valence-corrected chi connectivity index (χ2v) is 7.54. The van der Waals surface area contributed by atoms with E-state index in [9.17, 15) is 14.4 Å². The van der Waals surface area contributed by atoms with Crippen LogP contribution in [0.25, 0.3) is 21.7 Å². The van der Waals surface area contributed by atoms with E-state index in [1.807, 2.05) is 0 Å². The molecule has 160 valence electrons. The first-order valence-corrected chi connectivity index (χ1v) is 9.91. The molecular weight excluding hydrogens is 412 g/mol. The zero-order chi connectivity index (χ0) is 22.6. The number of ketones is 1. The molecule has 1 aromatic heterocycles. The van der Waals surface area contributed by atoms with E-state index in [0.717, 1.165) is 16.9 Å². The summed E-state index contributed by atoms with van der Waals surface area (Å²) < 4.78 is 21.8. The van der Waals surface area contributed by atoms with E-state index in [-0.39, 0.29) is 17.1 Å². The van der Waals surface area contributed by atoms with Gasteiger partial charge in [0.1, 0.15) is 11.3 Å². The second kappa shape index (κ2) is 7.23. The van der Waals surface area contributed by atoms with Gasteiger partial charge in [-0.15, -0.1) is 0 Å². The molecule has 0 unspecified atom stereocenters. The van der Waals surface area contributed by atoms with E-state index in [4.69, 9.17) is 18.6 Å². The smallest absolute Gasteiger partial charge is 0.344 e. The van der Waals surface area contributed by atoms with E-state index in [1.165, 1.54) is 26.2 Å². The van der Waals surface area contributed by atoms with Gasteiger partial charge < -0.3 is 18.6 Å². The van der Waals surface area contributed by atoms with Gasteiger partial charge in [-0.3, -0.25) is 4.79 Å². The number of hydrogen-bond acceptors (Lipinski definition) is 7. The first kappa shape index (κ1) is 19.8. The Labute approximate surface area is 182 Å². The average Bonchev–Trinajstić information content (AvgIpc) is 3.58. The van der Waals surface area contributed by atoms with Crippen LogP contribution in [0.15, 0.2) is 51.7 Å². The van der Waals surface area contributed by atoms with Gasteiger partial charge in [-0.2, -0.15) is 0 Å². The molecule has 3 aromatic carbocycles. The molecule has 32 heavy (non-hydrogen) atoms. The summed E-state index contributed by atoms with van der Waals surface area (Å²) in [5, 5.41) is 1.50. The van der Waals surface area contributed by atoms with Crippen molar-refractivity contribution in [2.45, 2.75) is 13.3 Å². The topological polar surface area (TPSA) is 92.0 Å². The Morgan fingerprint density at radius 1 is 0.844 bits per heavy atom. The van der Waals surface area contributed by atoms with Crippen LogP contribution in [0, 0.1) is 0 Å². The fourth-order valence-corrected chi connectivity index (χ4v) is 3.92. The highest BCUT2D eigenvalue weighted by Gasteiger charge is 2.30. The number of carbonyl (C=O) groups is 2. The number of benzene rings is 3. The maximum absolute atomic E-state index is 12.8. The van der Waals surface area contributed by atoms with E-state index < -0.39 is 11.6 Å². The van der Waals surface area contributed by atoms with Gasteiger partial charge in [0, 0.05) is 34.4 Å². The zero-order valence-corrected chi connectivity index (χ0v) is 17.6. The van der Waals surface area contributed by atoms with Crippen molar-refractivity contribution in [3.63, 3.8) is 0 Å². The molecule has 5 rings (SSSR count). The molecule has 0 bridgehead atoms. The van der Waals surface area contributed by atoms with Gasteiger partial charge in [0.15, 0.2) is 17.3 Å². The van der Waals surface area contributed by atoms with Crippen LogP contribution in [0.3, 0.4) is 0 Å². The summed E-state index contributed by atoms with van der Waals surface area (Å²) in [6.45, 7) is 1.43. The van der Waals surface area contributed by atoms with Crippen LogP contribution in [0.1, 0.15) is 38.8 Å². The Morgan fingerprint density at radius 3 is 2.34 bits per heavy atom. The predicted octanol–water partition coefficient (Wildman–Crippen LogP) is 4.29. The molecule has 1 aliphatic rings. The van der Waals surface area contributed by atoms with Gasteiger partial charge in [0.05, 0.1) is 25.2 Å². The average molecular weight is 430 g/mol. The largest absolute Gasteiger partial charge is 0.496 e. The summed E-state index contributed by atoms with van der Waals surface area (Å²) in [5.74, 6) is 0.517. The van der Waals surface area contributed by atoms with Crippen molar-refractivity contribution in [2.24, 2.45) is 0 Å². The molecule has 0 N–H and O–H groups in total. The Hall–Kier alpha value is -4.13. The van der Waals surface area contributed by atoms with Crippen molar-refractivity contribution in [1.29, 1.82) is 0 Å². The number of fused-ring (bicyclic) bond motifs is 4. The molecule has 0 amide bonds. The van der Waals surface area contributed by atoms with Crippen molar-refractivity contribution in [3.05, 3.63) is 75.1 Å². The van der Waals surface area contributed by atoms with Crippen LogP contribution in [0.5, 0.6) is 17.2 Å². The molecule has 0 spiro atoms. The number of hydrogen-bond donors (Lipinski definition) is 0. The summed E-state index contributed by atoms with van der Waals surface area (Å²) in [6.07, 6.45) is 0.679. The van der Waals surface area contributed by atoms with Crippen LogP contribution < -0.4 is 19.8 Å². The number of carbonyl (C=O) groups excluding carboxylic acids is 2. The van der Waals surface area contributed by atoms with E-state index in [2.05, 4.69) is 0 Å². The SMILES string of the molecule is COc1cc2c(cc1OC(=O)c1ccc(OC)c3c1C3)oc(=O)c1cc(C(C)=O)ccc12. The van der Waals surface area contributed by atoms with Gasteiger partial charge in [0.2, 0.25) is 0 Å². The number of methoxy groups -OCH3 is 2. The molecule has 4 aromatic rings. The first-order chi connectivity index (χ1) is 15.4. The molecule has 0 fully saturated rings. The minimum atomic E-state index is -0.585. The maximum atomic E-state index is 12.8. The summed E-state index contributed by atoms with van der Waals surface area (Å²) in [4.78, 5) is 37.1. The number of Topliss-reactive ketones (excluding diaryl/α,β-unsaturated/α-hetero) is 1. The monoisotopic (exact) mass is 430 g/mol. The highest BCUT2D eigenvalue weighted by molar-refractivity contribution is 6.08. The Bertz CT molecular complexity index is 1510. The second-order valence-electron chi connectivity index (χ2n) is 7.54. The minimum absolute atomic E-state index is 0.137. The molecule has 0 saturated carbocycles. The lowest BCUT2D eigenvalue weighted by Crippen LogP contribution is -2.10. The third-order valence-electron chi connectivity index (χ3n) is 5.66. The Balaban J connectivity index is 1.59. The van der Waals surface area contributed by atoms with Crippen molar-refractivity contribution in [3.8, 4) is 17.2 Å². The lowest BCUT2D eigenvalue weighted by molar-refractivity contribution is 0.0729. The lowest BCUT2D eigenvalue weighted by atomic mass is 10.0. The van der Waals surface area contributed by atoms with Crippen LogP contribution in [0.2, 0.25) is 0 Å². The van der Waals surface area contributed by atoms with Crippen molar-refractivity contribution in [1.82, 2.24) is 0 Å². The summed E-state index contributed by atoms with van der Waals surface area (Å²) >= 11 is 0. The quantitative estimate of drug-likeness (QED) is 0.135. The fraction of sp³-hybridized carbons (Fsp3) is 0.160. The Morgan fingerprint density at radius 2 is 1.62 bits per heavy atom. The number of rotatable bonds is 5. The third kappa shape index (κ3) is 3.10. The van der Waals surface area contributed by atoms with Crippen LogP contribution in [-0.4, -0.2) is 26.0 Å². The summed E-state index contributed by atoms with van der Waals surface area (Å²) in [7, 11) is 3.05. The molecule has 1 heterocycles. The molecule has 7 nitrogen and oxygen atoms in total. The van der Waals surface area contributed by atoms with Crippen LogP contribution in [0.4, 0.5) is 0 Å². The van der Waals surface area contributed by atoms with Crippen molar-refractivity contribution < 1.29 is 28.2 Å². The van der Waals surface area contributed by atoms with Gasteiger partial charge in [-0.25, -0.2) is 9.59 Å². The molecular formula is C25H18O7. The van der Waals surface area contributed by atoms with Gasteiger partial charge in [-0.1, -0.05) is 12.1 Å². The molecule has 7 heteroatoms. The summed E-state index contributed by atoms with van der Waals surface area (Å²) in [6, 6.07) is 11.4. The fourth-order valence-electron chi connectivity index (χ4n) is 3.92. The lowest BCUT2D eigenvalue weighted by Gasteiger charge is -2.12. The standard InChI is InChI=1S/C25H18O7/c1-12(26)13-4-5-14-18-10-22(30-3)23(11-21(18)31-25(28)19(14)8-13)32-24(27)15-6-7-20(29-2)17-9-16(15)17/h4-8,10-11H,9H2,1-3H3. The Kier molecular flexibility index (Phi) is 4.48. The number of esters is 1. The predicted molar refractivity (Wildman–Crippen MR) is 117 cm³/mol. The van der Waals surface area contributed by atoms with Crippen molar-refractivity contribution in [2.75, 3.05) is 14.2 Å². The molecule has 0 aliphatic heterocycles. The van der Waals surface area contributed by atoms with Crippen molar-refractivity contribution >= 4 is 33.5 Å². The highest BCUT2D eigenvalue weighted by atomic mass is 16.6. The minimum Gasteiger partial charge on any atom is -0.496 e. The molecule has 1 aliphatic carbocycles. The van der Waals surface area contributed by atoms with Gasteiger partial charge >= 0.3 is 11.6 Å². The van der Waals surface area contributed by atoms with Gasteiger partial charge in [0.25, 0.3) is 0 Å². The van der Waals surface area contributed by atoms with Crippen LogP contribution in [-0.2, 0) is 6.42 Å². The van der Waals surface area contributed by atoms with E-state index in [1.54, 1.807) is 37.4 Å². The van der Waals surface area contributed by atoms with Gasteiger partial charge in [-0.05, 0) is 36.8 Å².